The number of rotatable bonds is 5. The van der Waals surface area contributed by atoms with E-state index in [1.807, 2.05) is 6.92 Å². The van der Waals surface area contributed by atoms with Gasteiger partial charge in [0.25, 0.3) is 0 Å². The molecule has 1 saturated heterocycles. The highest BCUT2D eigenvalue weighted by atomic mass is 16.6. The first kappa shape index (κ1) is 22.1. The zero-order chi connectivity index (χ0) is 21.5. The van der Waals surface area contributed by atoms with Crippen molar-refractivity contribution in [1.29, 1.82) is 0 Å². The first-order chi connectivity index (χ1) is 14.5. The van der Waals surface area contributed by atoms with Gasteiger partial charge in [0.05, 0.1) is 12.6 Å². The summed E-state index contributed by atoms with van der Waals surface area (Å²) in [5.41, 5.74) is 3.82. The maximum Gasteiger partial charge on any atom is 0.409 e. The largest absolute Gasteiger partial charge is 0.450 e. The van der Waals surface area contributed by atoms with Gasteiger partial charge in [-0.05, 0) is 68.6 Å². The van der Waals surface area contributed by atoms with Gasteiger partial charge in [-0.3, -0.25) is 9.59 Å². The average molecular weight is 416 g/mol. The van der Waals surface area contributed by atoms with Crippen LogP contribution in [0.4, 0.5) is 4.79 Å². The van der Waals surface area contributed by atoms with Gasteiger partial charge >= 0.3 is 17.9 Å². The van der Waals surface area contributed by atoms with Gasteiger partial charge in [0, 0.05) is 19.1 Å². The normalized spacial score (nSPS) is 17.6. The molecule has 1 aromatic rings. The first-order valence-corrected chi connectivity index (χ1v) is 11.2. The first-order valence-electron chi connectivity index (χ1n) is 11.2. The summed E-state index contributed by atoms with van der Waals surface area (Å²) >= 11 is 0. The Kier molecular flexibility index (Phi) is 7.71. The van der Waals surface area contributed by atoms with E-state index in [1.54, 1.807) is 11.8 Å². The molecule has 7 heteroatoms. The molecule has 1 aromatic carbocycles. The molecule has 7 nitrogen and oxygen atoms in total. The fourth-order valence-corrected chi connectivity index (χ4v) is 4.29. The van der Waals surface area contributed by atoms with Crippen LogP contribution in [-0.4, -0.2) is 48.5 Å². The number of hydrogen-bond donors (Lipinski definition) is 2. The van der Waals surface area contributed by atoms with E-state index in [-0.39, 0.29) is 18.2 Å². The van der Waals surface area contributed by atoms with Crippen molar-refractivity contribution < 1.29 is 19.1 Å². The molecule has 0 radical (unpaired) electrons. The van der Waals surface area contributed by atoms with Crippen LogP contribution in [0.25, 0.3) is 0 Å². The van der Waals surface area contributed by atoms with Gasteiger partial charge in [0.1, 0.15) is 0 Å². The third-order valence-electron chi connectivity index (χ3n) is 6.05. The molecule has 1 heterocycles. The number of benzene rings is 1. The smallest absolute Gasteiger partial charge is 0.409 e. The Labute approximate surface area is 178 Å². The number of nitrogens with one attached hydrogen (secondary N) is 2. The van der Waals surface area contributed by atoms with Gasteiger partial charge < -0.3 is 20.3 Å². The number of nitrogens with zero attached hydrogens (tertiary/aromatic N) is 1. The molecule has 2 aliphatic rings. The minimum atomic E-state index is -0.610. The zero-order valence-corrected chi connectivity index (χ0v) is 18.0. The molecule has 1 aliphatic carbocycles. The molecule has 1 fully saturated rings. The third kappa shape index (κ3) is 5.52. The van der Waals surface area contributed by atoms with Crippen molar-refractivity contribution in [3.8, 4) is 0 Å². The molecule has 0 bridgehead atoms. The minimum Gasteiger partial charge on any atom is -0.450 e. The standard InChI is InChI=1S/C23H33N3O4/c1-3-20(18-10-9-16-7-5-6-8-17(16)15-18)25-22(28)21(27)24-19-11-13-26(14-12-19)23(29)30-4-2/h9-10,15,19-20H,3-8,11-14H2,1-2H3,(H,24,27)(H,25,28). The SMILES string of the molecule is CCOC(=O)N1CCC(NC(=O)C(=O)NC(CC)c2ccc3c(c2)CCCC3)CC1. The van der Waals surface area contributed by atoms with E-state index in [9.17, 15) is 14.4 Å². The molecular formula is C23H33N3O4. The van der Waals surface area contributed by atoms with Crippen LogP contribution in [0.3, 0.4) is 0 Å². The number of likely N-dealkylation sites (tertiary alicyclic amines) is 1. The second kappa shape index (κ2) is 10.5. The highest BCUT2D eigenvalue weighted by Crippen LogP contribution is 2.26. The van der Waals surface area contributed by atoms with Crippen molar-refractivity contribution in [2.75, 3.05) is 19.7 Å². The Balaban J connectivity index is 1.51. The van der Waals surface area contributed by atoms with Crippen molar-refractivity contribution in [2.45, 2.75) is 70.9 Å². The highest BCUT2D eigenvalue weighted by molar-refractivity contribution is 6.35. The Morgan fingerprint density at radius 2 is 1.77 bits per heavy atom. The van der Waals surface area contributed by atoms with Crippen molar-refractivity contribution in [2.24, 2.45) is 0 Å². The van der Waals surface area contributed by atoms with Crippen LogP contribution in [0.5, 0.6) is 0 Å². The molecule has 3 amide bonds. The molecule has 1 unspecified atom stereocenters. The second-order valence-electron chi connectivity index (χ2n) is 8.10. The second-order valence-corrected chi connectivity index (χ2v) is 8.10. The van der Waals surface area contributed by atoms with E-state index in [4.69, 9.17) is 4.74 Å². The Hall–Kier alpha value is -2.57. The summed E-state index contributed by atoms with van der Waals surface area (Å²) in [5, 5.41) is 5.70. The summed E-state index contributed by atoms with van der Waals surface area (Å²) in [7, 11) is 0. The lowest BCUT2D eigenvalue weighted by atomic mass is 9.89. The molecule has 1 atom stereocenters. The number of carbonyl (C=O) groups is 3. The summed E-state index contributed by atoms with van der Waals surface area (Å²) in [6.07, 6.45) is 6.26. The molecule has 0 aromatic heterocycles. The van der Waals surface area contributed by atoms with Crippen LogP contribution in [0.15, 0.2) is 18.2 Å². The summed E-state index contributed by atoms with van der Waals surface area (Å²) in [5.74, 6) is -1.21. The summed E-state index contributed by atoms with van der Waals surface area (Å²) in [4.78, 5) is 38.3. The predicted octanol–water partition coefficient (Wildman–Crippen LogP) is 2.87. The van der Waals surface area contributed by atoms with Gasteiger partial charge in [-0.1, -0.05) is 25.1 Å². The number of ether oxygens (including phenoxy) is 1. The van der Waals surface area contributed by atoms with Crippen molar-refractivity contribution in [3.05, 3.63) is 34.9 Å². The minimum absolute atomic E-state index is 0.113. The van der Waals surface area contributed by atoms with Gasteiger partial charge in [0.15, 0.2) is 0 Å². The molecule has 3 rings (SSSR count). The van der Waals surface area contributed by atoms with Crippen LogP contribution in [0, 0.1) is 0 Å². The molecule has 0 saturated carbocycles. The number of carbonyl (C=O) groups excluding carboxylic acids is 3. The molecule has 2 N–H and O–H groups in total. The Morgan fingerprint density at radius 3 is 2.43 bits per heavy atom. The number of amides is 3. The van der Waals surface area contributed by atoms with E-state index in [2.05, 4.69) is 28.8 Å². The number of piperidine rings is 1. The monoisotopic (exact) mass is 415 g/mol. The lowest BCUT2D eigenvalue weighted by Crippen LogP contribution is -2.50. The topological polar surface area (TPSA) is 87.7 Å². The fraction of sp³-hybridized carbons (Fsp3) is 0.609. The number of aryl methyl sites for hydroxylation is 2. The highest BCUT2D eigenvalue weighted by Gasteiger charge is 2.27. The molecule has 1 aliphatic heterocycles. The quantitative estimate of drug-likeness (QED) is 0.724. The zero-order valence-electron chi connectivity index (χ0n) is 18.0. The summed E-state index contributed by atoms with van der Waals surface area (Å²) in [6.45, 7) is 5.15. The maximum atomic E-state index is 12.5. The summed E-state index contributed by atoms with van der Waals surface area (Å²) < 4.78 is 5.00. The van der Waals surface area contributed by atoms with Crippen molar-refractivity contribution in [1.82, 2.24) is 15.5 Å². The van der Waals surface area contributed by atoms with Crippen LogP contribution >= 0.6 is 0 Å². The van der Waals surface area contributed by atoms with Gasteiger partial charge in [0.2, 0.25) is 0 Å². The van der Waals surface area contributed by atoms with Crippen molar-refractivity contribution in [3.63, 3.8) is 0 Å². The lowest BCUT2D eigenvalue weighted by Gasteiger charge is -2.31. The van der Waals surface area contributed by atoms with Crippen LogP contribution < -0.4 is 10.6 Å². The average Bonchev–Trinajstić information content (AvgIpc) is 2.77. The van der Waals surface area contributed by atoms with Crippen molar-refractivity contribution >= 4 is 17.9 Å². The van der Waals surface area contributed by atoms with Crippen LogP contribution in [0.2, 0.25) is 0 Å². The predicted molar refractivity (Wildman–Crippen MR) is 114 cm³/mol. The van der Waals surface area contributed by atoms with Crippen LogP contribution in [0.1, 0.15) is 68.7 Å². The van der Waals surface area contributed by atoms with E-state index < -0.39 is 11.8 Å². The molecule has 0 spiro atoms. The number of fused-ring (bicyclic) bond motifs is 1. The number of hydrogen-bond acceptors (Lipinski definition) is 4. The van der Waals surface area contributed by atoms with Gasteiger partial charge in [-0.15, -0.1) is 0 Å². The van der Waals surface area contributed by atoms with E-state index >= 15 is 0 Å². The fourth-order valence-electron chi connectivity index (χ4n) is 4.29. The lowest BCUT2D eigenvalue weighted by molar-refractivity contribution is -0.140. The Morgan fingerprint density at radius 1 is 1.07 bits per heavy atom. The maximum absolute atomic E-state index is 12.5. The van der Waals surface area contributed by atoms with Gasteiger partial charge in [-0.25, -0.2) is 4.79 Å². The van der Waals surface area contributed by atoms with E-state index in [1.165, 1.54) is 24.0 Å². The third-order valence-corrected chi connectivity index (χ3v) is 6.05. The molecule has 30 heavy (non-hydrogen) atoms. The Bertz CT molecular complexity index is 772. The summed E-state index contributed by atoms with van der Waals surface area (Å²) in [6, 6.07) is 6.13. The van der Waals surface area contributed by atoms with Crippen LogP contribution in [-0.2, 0) is 27.2 Å². The molecule has 164 valence electrons. The van der Waals surface area contributed by atoms with Gasteiger partial charge in [-0.2, -0.15) is 0 Å². The molecular weight excluding hydrogens is 382 g/mol. The van der Waals surface area contributed by atoms with E-state index in [0.717, 1.165) is 24.8 Å². The van der Waals surface area contributed by atoms with E-state index in [0.29, 0.717) is 32.5 Å².